The molecule has 0 radical (unpaired) electrons. The minimum Gasteiger partial charge on any atom is -0.387 e. The molecule has 1 aliphatic carbocycles. The van der Waals surface area contributed by atoms with E-state index in [0.29, 0.717) is 0 Å². The Labute approximate surface area is 143 Å². The molecule has 0 unspecified atom stereocenters. The van der Waals surface area contributed by atoms with E-state index in [0.717, 1.165) is 43.7 Å². The normalized spacial score (nSPS) is 27.4. The van der Waals surface area contributed by atoms with Crippen LogP contribution in [0.3, 0.4) is 0 Å². The van der Waals surface area contributed by atoms with Gasteiger partial charge in [-0.15, -0.1) is 0 Å². The number of aromatic nitrogens is 1. The zero-order valence-corrected chi connectivity index (χ0v) is 13.3. The fourth-order valence-corrected chi connectivity index (χ4v) is 4.21. The summed E-state index contributed by atoms with van der Waals surface area (Å²) in [6.45, 7) is 0. The number of rotatable bonds is 0. The molecule has 122 valence electrons. The molecule has 4 aromatic rings. The van der Waals surface area contributed by atoms with Gasteiger partial charge in [-0.1, -0.05) is 48.5 Å². The van der Waals surface area contributed by atoms with Crippen molar-refractivity contribution < 1.29 is 14.9 Å². The molecule has 2 N–H and O–H groups in total. The van der Waals surface area contributed by atoms with Crippen molar-refractivity contribution in [3.8, 4) is 0 Å². The van der Waals surface area contributed by atoms with E-state index in [1.807, 2.05) is 24.3 Å². The highest BCUT2D eigenvalue weighted by Crippen LogP contribution is 2.52. The standard InChI is InChI=1S/C21H15NO3/c23-18-14-8-7-12-9-11-6-5-10-3-1-2-4-13(10)16(11)22-17(12)15(14)20-21(25-20)19(18)24/h1-9,18-21,23-24H/t18-,19+,20-,21+/m1/s1. The number of epoxide rings is 1. The summed E-state index contributed by atoms with van der Waals surface area (Å²) in [7, 11) is 0. The average Bonchev–Trinajstić information content (AvgIpc) is 3.44. The quantitative estimate of drug-likeness (QED) is 0.295. The number of ether oxygens (including phenoxy) is 1. The fourth-order valence-electron chi connectivity index (χ4n) is 4.21. The van der Waals surface area contributed by atoms with Gasteiger partial charge in [0.1, 0.15) is 24.4 Å². The zero-order valence-electron chi connectivity index (χ0n) is 13.3. The van der Waals surface area contributed by atoms with Crippen molar-refractivity contribution in [2.45, 2.75) is 24.4 Å². The van der Waals surface area contributed by atoms with E-state index in [4.69, 9.17) is 9.72 Å². The molecule has 3 aromatic carbocycles. The van der Waals surface area contributed by atoms with Crippen LogP contribution in [0, 0.1) is 0 Å². The van der Waals surface area contributed by atoms with Gasteiger partial charge in [-0.2, -0.15) is 0 Å². The topological polar surface area (TPSA) is 65.9 Å². The smallest absolute Gasteiger partial charge is 0.118 e. The molecular weight excluding hydrogens is 314 g/mol. The molecule has 4 nitrogen and oxygen atoms in total. The van der Waals surface area contributed by atoms with Crippen molar-refractivity contribution in [3.05, 3.63) is 65.7 Å². The molecule has 0 saturated carbocycles. The van der Waals surface area contributed by atoms with Gasteiger partial charge in [0.05, 0.1) is 11.0 Å². The molecule has 0 amide bonds. The molecule has 6 rings (SSSR count). The molecule has 1 aromatic heterocycles. The van der Waals surface area contributed by atoms with Crippen molar-refractivity contribution in [2.75, 3.05) is 0 Å². The van der Waals surface area contributed by atoms with Gasteiger partial charge >= 0.3 is 0 Å². The lowest BCUT2D eigenvalue weighted by Crippen LogP contribution is -2.29. The highest BCUT2D eigenvalue weighted by atomic mass is 16.6. The van der Waals surface area contributed by atoms with Crippen LogP contribution in [0.2, 0.25) is 0 Å². The van der Waals surface area contributed by atoms with Gasteiger partial charge in [-0.25, -0.2) is 4.98 Å². The molecule has 1 saturated heterocycles. The summed E-state index contributed by atoms with van der Waals surface area (Å²) in [6, 6.07) is 18.4. The van der Waals surface area contributed by atoms with E-state index in [-0.39, 0.29) is 12.2 Å². The summed E-state index contributed by atoms with van der Waals surface area (Å²) in [4.78, 5) is 4.98. The van der Waals surface area contributed by atoms with E-state index in [9.17, 15) is 10.2 Å². The molecule has 1 fully saturated rings. The number of benzene rings is 3. The summed E-state index contributed by atoms with van der Waals surface area (Å²) in [5, 5.41) is 24.9. The number of nitrogens with zero attached hydrogens (tertiary/aromatic N) is 1. The third-order valence-corrected chi connectivity index (χ3v) is 5.54. The van der Waals surface area contributed by atoms with Gasteiger partial charge in [0.15, 0.2) is 0 Å². The molecule has 4 heteroatoms. The average molecular weight is 329 g/mol. The predicted molar refractivity (Wildman–Crippen MR) is 95.3 cm³/mol. The number of hydrogen-bond acceptors (Lipinski definition) is 4. The molecule has 1 aliphatic heterocycles. The van der Waals surface area contributed by atoms with Gasteiger partial charge < -0.3 is 14.9 Å². The Morgan fingerprint density at radius 2 is 1.60 bits per heavy atom. The fraction of sp³-hybridized carbons (Fsp3) is 0.190. The van der Waals surface area contributed by atoms with E-state index in [1.165, 1.54) is 0 Å². The Balaban J connectivity index is 1.75. The first-order valence-corrected chi connectivity index (χ1v) is 8.49. The third kappa shape index (κ3) is 1.74. The van der Waals surface area contributed by atoms with Crippen LogP contribution >= 0.6 is 0 Å². The second-order valence-electron chi connectivity index (χ2n) is 6.94. The Kier molecular flexibility index (Phi) is 2.50. The lowest BCUT2D eigenvalue weighted by molar-refractivity contribution is 0.0000942. The molecule has 0 bridgehead atoms. The van der Waals surface area contributed by atoms with E-state index in [2.05, 4.69) is 30.3 Å². The van der Waals surface area contributed by atoms with E-state index >= 15 is 0 Å². The second-order valence-corrected chi connectivity index (χ2v) is 6.94. The molecule has 4 atom stereocenters. The summed E-state index contributed by atoms with van der Waals surface area (Å²) in [5.41, 5.74) is 3.47. The number of aliphatic hydroxyl groups excluding tert-OH is 2. The Hall–Kier alpha value is -2.53. The van der Waals surface area contributed by atoms with Crippen molar-refractivity contribution in [1.29, 1.82) is 0 Å². The van der Waals surface area contributed by atoms with E-state index in [1.54, 1.807) is 0 Å². The number of hydrogen-bond donors (Lipinski definition) is 2. The van der Waals surface area contributed by atoms with Crippen molar-refractivity contribution in [1.82, 2.24) is 4.98 Å². The van der Waals surface area contributed by atoms with Crippen LogP contribution in [0.15, 0.2) is 54.6 Å². The molecule has 2 heterocycles. The van der Waals surface area contributed by atoms with Crippen LogP contribution in [-0.2, 0) is 4.74 Å². The van der Waals surface area contributed by atoms with Crippen molar-refractivity contribution in [3.63, 3.8) is 0 Å². The first-order valence-electron chi connectivity index (χ1n) is 8.49. The maximum absolute atomic E-state index is 10.4. The third-order valence-electron chi connectivity index (χ3n) is 5.54. The summed E-state index contributed by atoms with van der Waals surface area (Å²) in [6.07, 6.45) is -2.28. The Morgan fingerprint density at radius 3 is 2.52 bits per heavy atom. The van der Waals surface area contributed by atoms with E-state index < -0.39 is 12.2 Å². The van der Waals surface area contributed by atoms with Gasteiger partial charge in [0, 0.05) is 21.7 Å². The second kappa shape index (κ2) is 4.55. The van der Waals surface area contributed by atoms with Crippen molar-refractivity contribution in [2.24, 2.45) is 0 Å². The summed E-state index contributed by atoms with van der Waals surface area (Å²) in [5.74, 6) is 0. The number of fused-ring (bicyclic) bond motifs is 8. The lowest BCUT2D eigenvalue weighted by Gasteiger charge is -2.24. The Morgan fingerprint density at radius 1 is 0.840 bits per heavy atom. The minimum atomic E-state index is -0.923. The highest BCUT2D eigenvalue weighted by Gasteiger charge is 2.54. The summed E-state index contributed by atoms with van der Waals surface area (Å²) >= 11 is 0. The predicted octanol–water partition coefficient (Wildman–Crippen LogP) is 3.39. The van der Waals surface area contributed by atoms with Gasteiger partial charge in [0.2, 0.25) is 0 Å². The highest BCUT2D eigenvalue weighted by molar-refractivity contribution is 6.08. The van der Waals surface area contributed by atoms with Crippen LogP contribution in [-0.4, -0.2) is 27.4 Å². The number of pyridine rings is 1. The molecule has 2 aliphatic rings. The van der Waals surface area contributed by atoms with Crippen LogP contribution in [0.5, 0.6) is 0 Å². The lowest BCUT2D eigenvalue weighted by atomic mass is 9.85. The first kappa shape index (κ1) is 13.7. The minimum absolute atomic E-state index is 0.169. The maximum Gasteiger partial charge on any atom is 0.118 e. The maximum atomic E-state index is 10.4. The molecular formula is C21H15NO3. The molecule has 25 heavy (non-hydrogen) atoms. The van der Waals surface area contributed by atoms with Crippen LogP contribution in [0.4, 0.5) is 0 Å². The van der Waals surface area contributed by atoms with Crippen LogP contribution < -0.4 is 0 Å². The number of aliphatic hydroxyl groups is 2. The van der Waals surface area contributed by atoms with Gasteiger partial charge in [-0.3, -0.25) is 0 Å². The van der Waals surface area contributed by atoms with Gasteiger partial charge in [-0.05, 0) is 17.0 Å². The summed E-state index contributed by atoms with van der Waals surface area (Å²) < 4.78 is 5.64. The van der Waals surface area contributed by atoms with Crippen molar-refractivity contribution >= 4 is 32.6 Å². The van der Waals surface area contributed by atoms with Gasteiger partial charge in [0.25, 0.3) is 0 Å². The Bertz CT molecular complexity index is 1190. The molecule has 0 spiro atoms. The van der Waals surface area contributed by atoms with Crippen LogP contribution in [0.25, 0.3) is 32.6 Å². The monoisotopic (exact) mass is 329 g/mol. The largest absolute Gasteiger partial charge is 0.387 e. The first-order chi connectivity index (χ1) is 12.2. The SMILES string of the molecule is O[C@@H]1[C@@H]2O[C@@H]2c2c(ccc3cc4ccc5ccccc5c4nc23)[C@H]1O. The zero-order chi connectivity index (χ0) is 16.7. The van der Waals surface area contributed by atoms with Crippen LogP contribution in [0.1, 0.15) is 23.3 Å².